The molecule has 0 unspecified atom stereocenters. The topological polar surface area (TPSA) is 46.2 Å². The van der Waals surface area contributed by atoms with Crippen molar-refractivity contribution in [3.63, 3.8) is 0 Å². The Morgan fingerprint density at radius 3 is 2.73 bits per heavy atom. The number of aliphatic hydroxyl groups is 1. The lowest BCUT2D eigenvalue weighted by molar-refractivity contribution is 0.122. The van der Waals surface area contributed by atoms with Gasteiger partial charge in [0.2, 0.25) is 0 Å². The van der Waals surface area contributed by atoms with E-state index in [9.17, 15) is 5.11 Å². The summed E-state index contributed by atoms with van der Waals surface area (Å²) in [4.78, 5) is 0. The van der Waals surface area contributed by atoms with E-state index >= 15 is 0 Å². The minimum atomic E-state index is -0.459. The maximum absolute atomic E-state index is 9.94. The molecule has 0 aliphatic heterocycles. The molecule has 0 aromatic heterocycles. The second-order valence-electron chi connectivity index (χ2n) is 4.02. The van der Waals surface area contributed by atoms with Crippen LogP contribution < -0.4 is 5.73 Å². The van der Waals surface area contributed by atoms with E-state index in [1.807, 2.05) is 12.1 Å². The number of hydrogen-bond donors (Lipinski definition) is 2. The number of nitrogens with two attached hydrogens (primary N) is 1. The normalized spacial score (nSPS) is 20.0. The fourth-order valence-corrected chi connectivity index (χ4v) is 2.38. The molecule has 2 nitrogen and oxygen atoms in total. The quantitative estimate of drug-likeness (QED) is 0.899. The van der Waals surface area contributed by atoms with Gasteiger partial charge >= 0.3 is 0 Å². The van der Waals surface area contributed by atoms with Crippen LogP contribution in [0.5, 0.6) is 0 Å². The minimum absolute atomic E-state index is 0.356. The number of hydrogen-bond acceptors (Lipinski definition) is 2. The molecule has 1 aromatic rings. The Bertz CT molecular complexity index is 368. The second kappa shape index (κ2) is 4.42. The standard InChI is InChI=1S/C11H13BrClNO/c12-9-4-3-7(13)5-8(9)10(14)11(15)6-1-2-6/h3-6,10-11,15H,1-2,14H2/t10-,11+/m0/s1. The molecule has 15 heavy (non-hydrogen) atoms. The fraction of sp³-hybridized carbons (Fsp3) is 0.455. The molecule has 0 radical (unpaired) electrons. The van der Waals surface area contributed by atoms with Gasteiger partial charge in [-0.25, -0.2) is 0 Å². The maximum atomic E-state index is 9.94. The van der Waals surface area contributed by atoms with Crippen LogP contribution in [0.4, 0.5) is 0 Å². The van der Waals surface area contributed by atoms with Crippen LogP contribution >= 0.6 is 27.5 Å². The molecule has 2 atom stereocenters. The molecule has 1 aliphatic carbocycles. The zero-order chi connectivity index (χ0) is 11.0. The van der Waals surface area contributed by atoms with Gasteiger partial charge in [0.25, 0.3) is 0 Å². The average Bonchev–Trinajstić information content (AvgIpc) is 3.03. The van der Waals surface area contributed by atoms with E-state index in [1.54, 1.807) is 6.07 Å². The molecule has 2 rings (SSSR count). The van der Waals surface area contributed by atoms with E-state index < -0.39 is 6.10 Å². The van der Waals surface area contributed by atoms with Crippen molar-refractivity contribution in [1.82, 2.24) is 0 Å². The van der Waals surface area contributed by atoms with Crippen LogP contribution in [0.25, 0.3) is 0 Å². The Morgan fingerprint density at radius 2 is 2.13 bits per heavy atom. The third-order valence-corrected chi connectivity index (χ3v) is 3.75. The number of halogens is 2. The van der Waals surface area contributed by atoms with Crippen LogP contribution in [0.2, 0.25) is 5.02 Å². The van der Waals surface area contributed by atoms with Crippen LogP contribution in [0.15, 0.2) is 22.7 Å². The van der Waals surface area contributed by atoms with Gasteiger partial charge in [-0.1, -0.05) is 27.5 Å². The third kappa shape index (κ3) is 2.53. The highest BCUT2D eigenvalue weighted by Gasteiger charge is 2.34. The van der Waals surface area contributed by atoms with E-state index in [2.05, 4.69) is 15.9 Å². The smallest absolute Gasteiger partial charge is 0.0761 e. The van der Waals surface area contributed by atoms with Crippen molar-refractivity contribution in [3.8, 4) is 0 Å². The lowest BCUT2D eigenvalue weighted by atomic mass is 9.99. The molecule has 1 aliphatic rings. The van der Waals surface area contributed by atoms with Gasteiger partial charge < -0.3 is 10.8 Å². The molecule has 0 heterocycles. The summed E-state index contributed by atoms with van der Waals surface area (Å²) in [7, 11) is 0. The van der Waals surface area contributed by atoms with Crippen molar-refractivity contribution < 1.29 is 5.11 Å². The molecule has 4 heteroatoms. The Balaban J connectivity index is 2.23. The van der Waals surface area contributed by atoms with Crippen molar-refractivity contribution in [2.75, 3.05) is 0 Å². The Morgan fingerprint density at radius 1 is 1.47 bits per heavy atom. The molecule has 1 fully saturated rings. The van der Waals surface area contributed by atoms with Crippen molar-refractivity contribution in [2.45, 2.75) is 25.0 Å². The Hall–Kier alpha value is -0.0900. The van der Waals surface area contributed by atoms with Crippen molar-refractivity contribution >= 4 is 27.5 Å². The highest BCUT2D eigenvalue weighted by atomic mass is 79.9. The molecule has 1 saturated carbocycles. The van der Waals surface area contributed by atoms with E-state index in [0.29, 0.717) is 10.9 Å². The summed E-state index contributed by atoms with van der Waals surface area (Å²) in [5.41, 5.74) is 6.89. The predicted octanol–water partition coefficient (Wildman–Crippen LogP) is 2.87. The van der Waals surface area contributed by atoms with Crippen LogP contribution in [-0.2, 0) is 0 Å². The largest absolute Gasteiger partial charge is 0.391 e. The lowest BCUT2D eigenvalue weighted by Crippen LogP contribution is -2.28. The molecule has 1 aromatic carbocycles. The zero-order valence-electron chi connectivity index (χ0n) is 8.16. The maximum Gasteiger partial charge on any atom is 0.0761 e. The van der Waals surface area contributed by atoms with E-state index in [-0.39, 0.29) is 6.04 Å². The summed E-state index contributed by atoms with van der Waals surface area (Å²) in [6, 6.07) is 5.11. The van der Waals surface area contributed by atoms with Gasteiger partial charge in [0.15, 0.2) is 0 Å². The van der Waals surface area contributed by atoms with Crippen LogP contribution in [0, 0.1) is 5.92 Å². The summed E-state index contributed by atoms with van der Waals surface area (Å²) in [5.74, 6) is 0.367. The third-order valence-electron chi connectivity index (χ3n) is 2.79. The first kappa shape index (κ1) is 11.4. The molecule has 3 N–H and O–H groups in total. The SMILES string of the molecule is N[C@@H](c1cc(Cl)ccc1Br)[C@H](O)C1CC1. The molecule has 0 spiro atoms. The monoisotopic (exact) mass is 289 g/mol. The second-order valence-corrected chi connectivity index (χ2v) is 5.31. The lowest BCUT2D eigenvalue weighted by Gasteiger charge is -2.20. The average molecular weight is 291 g/mol. The van der Waals surface area contributed by atoms with Crippen LogP contribution in [-0.4, -0.2) is 11.2 Å². The Labute approximate surface area is 103 Å². The minimum Gasteiger partial charge on any atom is -0.391 e. The van der Waals surface area contributed by atoms with Gasteiger partial charge in [-0.2, -0.15) is 0 Å². The van der Waals surface area contributed by atoms with Crippen LogP contribution in [0.1, 0.15) is 24.4 Å². The van der Waals surface area contributed by atoms with Crippen molar-refractivity contribution in [3.05, 3.63) is 33.3 Å². The van der Waals surface area contributed by atoms with E-state index in [1.165, 1.54) is 0 Å². The summed E-state index contributed by atoms with van der Waals surface area (Å²) < 4.78 is 0.902. The predicted molar refractivity (Wildman–Crippen MR) is 64.8 cm³/mol. The first-order chi connectivity index (χ1) is 7.09. The summed E-state index contributed by atoms with van der Waals surface area (Å²) in [6.45, 7) is 0. The van der Waals surface area contributed by atoms with Gasteiger partial charge in [-0.15, -0.1) is 0 Å². The highest BCUT2D eigenvalue weighted by Crippen LogP contribution is 2.38. The van der Waals surface area contributed by atoms with Crippen molar-refractivity contribution in [2.24, 2.45) is 11.7 Å². The first-order valence-corrected chi connectivity index (χ1v) is 6.15. The van der Waals surface area contributed by atoms with E-state index in [0.717, 1.165) is 22.9 Å². The summed E-state index contributed by atoms with van der Waals surface area (Å²) in [6.07, 6.45) is 1.69. The highest BCUT2D eigenvalue weighted by molar-refractivity contribution is 9.10. The number of rotatable bonds is 3. The first-order valence-electron chi connectivity index (χ1n) is 4.98. The van der Waals surface area contributed by atoms with Gasteiger partial charge in [-0.3, -0.25) is 0 Å². The summed E-state index contributed by atoms with van der Waals surface area (Å²) in [5, 5.41) is 10.6. The Kier molecular flexibility index (Phi) is 3.36. The zero-order valence-corrected chi connectivity index (χ0v) is 10.5. The number of benzene rings is 1. The van der Waals surface area contributed by atoms with Gasteiger partial charge in [0.05, 0.1) is 12.1 Å². The molecular weight excluding hydrogens is 277 g/mol. The molecule has 82 valence electrons. The van der Waals surface area contributed by atoms with Crippen molar-refractivity contribution in [1.29, 1.82) is 0 Å². The van der Waals surface area contributed by atoms with Gasteiger partial charge in [-0.05, 0) is 42.5 Å². The molecule has 0 bridgehead atoms. The van der Waals surface area contributed by atoms with Crippen LogP contribution in [0.3, 0.4) is 0 Å². The van der Waals surface area contributed by atoms with Gasteiger partial charge in [0, 0.05) is 9.50 Å². The molecule has 0 amide bonds. The van der Waals surface area contributed by atoms with E-state index in [4.69, 9.17) is 17.3 Å². The fourth-order valence-electron chi connectivity index (χ4n) is 1.68. The van der Waals surface area contributed by atoms with Gasteiger partial charge in [0.1, 0.15) is 0 Å². The molecular formula is C11H13BrClNO. The molecule has 0 saturated heterocycles. The number of aliphatic hydroxyl groups excluding tert-OH is 1. The summed E-state index contributed by atoms with van der Waals surface area (Å²) >= 11 is 9.32.